The molecule has 3 saturated heterocycles. The number of carboxylic acid groups (broad SMARTS) is 1. The highest BCUT2D eigenvalue weighted by Crippen LogP contribution is 2.47. The van der Waals surface area contributed by atoms with Gasteiger partial charge in [0.15, 0.2) is 5.75 Å². The van der Waals surface area contributed by atoms with Crippen LogP contribution in [0.4, 0.5) is 5.69 Å². The average molecular weight is 810 g/mol. The molecule has 0 aliphatic carbocycles. The van der Waals surface area contributed by atoms with Crippen molar-refractivity contribution in [1.29, 1.82) is 0 Å². The van der Waals surface area contributed by atoms with Gasteiger partial charge in [0.2, 0.25) is 11.8 Å². The van der Waals surface area contributed by atoms with Gasteiger partial charge in [-0.05, 0) is 110 Å². The maximum atomic E-state index is 12.2. The lowest BCUT2D eigenvalue weighted by Crippen LogP contribution is -2.61. The van der Waals surface area contributed by atoms with Gasteiger partial charge in [-0.3, -0.25) is 19.8 Å². The van der Waals surface area contributed by atoms with E-state index in [2.05, 4.69) is 85.8 Å². The fourth-order valence-electron chi connectivity index (χ4n) is 7.48. The summed E-state index contributed by atoms with van der Waals surface area (Å²) in [6, 6.07) is 28.1. The Morgan fingerprint density at radius 1 is 0.944 bits per heavy atom. The van der Waals surface area contributed by atoms with Crippen LogP contribution in [-0.2, 0) is 16.1 Å². The van der Waals surface area contributed by atoms with E-state index < -0.39 is 12.0 Å². The standard InChI is InChI=1S/C42H41BrN4O6S/c1-25-2-12-35-37(20-25)54-40(26-3-5-28(43)6-4-26)39(35)53-32-10-8-31(9-11-32)52-33-16-18-46(19-17-33)30-23-47(24-30)29-7-13-34(42(50)51)27(21-29)22-44-36-14-15-38(48)45-41(36)49/h2-13,20-21,30,33,36,44H,14-19,22-24H2,1H3,(H,50,51)(H,45,48,49). The Morgan fingerprint density at radius 2 is 1.69 bits per heavy atom. The molecule has 0 radical (unpaired) electrons. The lowest BCUT2D eigenvalue weighted by atomic mass is 9.98. The van der Waals surface area contributed by atoms with Gasteiger partial charge < -0.3 is 24.8 Å². The van der Waals surface area contributed by atoms with Crippen LogP contribution in [0.2, 0.25) is 0 Å². The lowest BCUT2D eigenvalue weighted by Gasteiger charge is -2.48. The molecule has 3 N–H and O–H groups in total. The van der Waals surface area contributed by atoms with Gasteiger partial charge in [-0.1, -0.05) is 34.1 Å². The van der Waals surface area contributed by atoms with E-state index in [4.69, 9.17) is 9.47 Å². The molecule has 10 nitrogen and oxygen atoms in total. The second kappa shape index (κ2) is 15.5. The third-order valence-electron chi connectivity index (χ3n) is 10.6. The fourth-order valence-corrected chi connectivity index (χ4v) is 8.98. The molecule has 278 valence electrons. The van der Waals surface area contributed by atoms with Gasteiger partial charge in [0.25, 0.3) is 0 Å². The zero-order valence-electron chi connectivity index (χ0n) is 29.8. The zero-order chi connectivity index (χ0) is 37.3. The molecule has 5 aromatic rings. The number of imide groups is 1. The van der Waals surface area contributed by atoms with Crippen molar-refractivity contribution in [1.82, 2.24) is 15.5 Å². The highest BCUT2D eigenvalue weighted by atomic mass is 79.9. The number of carboxylic acids is 1. The quantitative estimate of drug-likeness (QED) is 0.115. The highest BCUT2D eigenvalue weighted by molar-refractivity contribution is 9.10. The topological polar surface area (TPSA) is 120 Å². The maximum Gasteiger partial charge on any atom is 0.336 e. The molecule has 4 aromatic carbocycles. The molecule has 0 saturated carbocycles. The number of hydrogen-bond donors (Lipinski definition) is 3. The number of anilines is 1. The first-order valence-electron chi connectivity index (χ1n) is 18.3. The summed E-state index contributed by atoms with van der Waals surface area (Å²) in [5.41, 5.74) is 4.13. The molecule has 3 fully saturated rings. The van der Waals surface area contributed by atoms with Crippen molar-refractivity contribution < 1.29 is 29.0 Å². The van der Waals surface area contributed by atoms with Crippen molar-refractivity contribution in [3.63, 3.8) is 0 Å². The van der Waals surface area contributed by atoms with Crippen LogP contribution in [-0.4, -0.2) is 72.2 Å². The Hall–Kier alpha value is -4.75. The number of thiophene rings is 1. The van der Waals surface area contributed by atoms with Crippen molar-refractivity contribution in [3.05, 3.63) is 106 Å². The van der Waals surface area contributed by atoms with E-state index >= 15 is 0 Å². The molecule has 0 spiro atoms. The first kappa shape index (κ1) is 36.2. The number of amides is 2. The van der Waals surface area contributed by atoms with E-state index in [1.807, 2.05) is 36.4 Å². The van der Waals surface area contributed by atoms with Gasteiger partial charge in [0.05, 0.1) is 16.5 Å². The predicted molar refractivity (Wildman–Crippen MR) is 214 cm³/mol. The van der Waals surface area contributed by atoms with Crippen LogP contribution in [0.15, 0.2) is 89.4 Å². The van der Waals surface area contributed by atoms with Crippen LogP contribution in [0, 0.1) is 6.92 Å². The lowest BCUT2D eigenvalue weighted by molar-refractivity contribution is -0.134. The van der Waals surface area contributed by atoms with Gasteiger partial charge in [-0.25, -0.2) is 4.79 Å². The Bertz CT molecular complexity index is 2190. The van der Waals surface area contributed by atoms with Gasteiger partial charge in [-0.15, -0.1) is 11.3 Å². The maximum absolute atomic E-state index is 12.2. The molecule has 8 rings (SSSR count). The van der Waals surface area contributed by atoms with Gasteiger partial charge >= 0.3 is 5.97 Å². The van der Waals surface area contributed by atoms with Crippen LogP contribution in [0.5, 0.6) is 17.2 Å². The van der Waals surface area contributed by atoms with Crippen molar-refractivity contribution in [2.45, 2.75) is 57.3 Å². The summed E-state index contributed by atoms with van der Waals surface area (Å²) in [6.45, 7) is 5.96. The molecule has 1 atom stereocenters. The number of halogens is 1. The number of hydrogen-bond acceptors (Lipinski definition) is 9. The molecule has 3 aliphatic heterocycles. The number of carbonyl (C=O) groups is 3. The average Bonchev–Trinajstić information content (AvgIpc) is 3.49. The molecular formula is C42H41BrN4O6S. The van der Waals surface area contributed by atoms with E-state index in [0.717, 1.165) is 82.3 Å². The number of aryl methyl sites for hydroxylation is 1. The molecular weight excluding hydrogens is 768 g/mol. The molecule has 4 heterocycles. The van der Waals surface area contributed by atoms with E-state index in [1.165, 1.54) is 10.3 Å². The number of likely N-dealkylation sites (tertiary alicyclic amines) is 1. The van der Waals surface area contributed by atoms with Crippen molar-refractivity contribution in [3.8, 4) is 27.7 Å². The summed E-state index contributed by atoms with van der Waals surface area (Å²) in [6.07, 6.45) is 2.68. The smallest absolute Gasteiger partial charge is 0.336 e. The molecule has 1 aromatic heterocycles. The Kier molecular flexibility index (Phi) is 10.4. The number of piperidine rings is 2. The number of ether oxygens (including phenoxy) is 2. The van der Waals surface area contributed by atoms with Crippen LogP contribution < -0.4 is 25.0 Å². The van der Waals surface area contributed by atoms with Gasteiger partial charge in [0.1, 0.15) is 17.6 Å². The third-order valence-corrected chi connectivity index (χ3v) is 12.3. The van der Waals surface area contributed by atoms with E-state index in [0.29, 0.717) is 18.0 Å². The number of aromatic carboxylic acids is 1. The monoisotopic (exact) mass is 808 g/mol. The van der Waals surface area contributed by atoms with Crippen molar-refractivity contribution in [2.24, 2.45) is 0 Å². The Morgan fingerprint density at radius 3 is 2.41 bits per heavy atom. The number of nitrogens with zero attached hydrogens (tertiary/aromatic N) is 2. The summed E-state index contributed by atoms with van der Waals surface area (Å²) in [5, 5.41) is 16.4. The Balaban J connectivity index is 0.840. The minimum absolute atomic E-state index is 0.139. The number of fused-ring (bicyclic) bond motifs is 1. The summed E-state index contributed by atoms with van der Waals surface area (Å²) in [4.78, 5) is 41.5. The van der Waals surface area contributed by atoms with E-state index in [9.17, 15) is 19.5 Å². The summed E-state index contributed by atoms with van der Waals surface area (Å²) in [7, 11) is 0. The third kappa shape index (κ3) is 7.88. The molecule has 54 heavy (non-hydrogen) atoms. The van der Waals surface area contributed by atoms with Crippen molar-refractivity contribution in [2.75, 3.05) is 31.1 Å². The summed E-state index contributed by atoms with van der Waals surface area (Å²) < 4.78 is 15.3. The molecule has 2 amide bonds. The van der Waals surface area contributed by atoms with Crippen molar-refractivity contribution >= 4 is 60.8 Å². The summed E-state index contributed by atoms with van der Waals surface area (Å²) in [5.74, 6) is 0.811. The minimum Gasteiger partial charge on any atom is -0.490 e. The SMILES string of the molecule is Cc1ccc2c(Oc3ccc(OC4CCN(C5CN(c6ccc(C(=O)O)c(CNC7CCC(=O)NC7=O)c6)C5)CC4)cc3)c(-c3ccc(Br)cc3)sc2c1. The van der Waals surface area contributed by atoms with Crippen LogP contribution >= 0.6 is 27.3 Å². The van der Waals surface area contributed by atoms with E-state index in [-0.39, 0.29) is 36.4 Å². The first-order valence-corrected chi connectivity index (χ1v) is 19.9. The van der Waals surface area contributed by atoms with Gasteiger partial charge in [0, 0.05) is 65.4 Å². The molecule has 12 heteroatoms. The second-order valence-corrected chi connectivity index (χ2v) is 16.3. The Labute approximate surface area is 326 Å². The highest BCUT2D eigenvalue weighted by Gasteiger charge is 2.35. The zero-order valence-corrected chi connectivity index (χ0v) is 32.3. The molecule has 1 unspecified atom stereocenters. The van der Waals surface area contributed by atoms with Crippen LogP contribution in [0.1, 0.15) is 47.2 Å². The number of carbonyl (C=O) groups excluding carboxylic acids is 2. The normalized spacial score (nSPS) is 18.4. The van der Waals surface area contributed by atoms with Gasteiger partial charge in [-0.2, -0.15) is 0 Å². The number of benzene rings is 4. The molecule has 0 bridgehead atoms. The fraction of sp³-hybridized carbons (Fsp3) is 0.310. The summed E-state index contributed by atoms with van der Waals surface area (Å²) >= 11 is 5.30. The number of nitrogens with one attached hydrogen (secondary N) is 2. The largest absolute Gasteiger partial charge is 0.490 e. The van der Waals surface area contributed by atoms with Crippen LogP contribution in [0.3, 0.4) is 0 Å². The predicted octanol–water partition coefficient (Wildman–Crippen LogP) is 7.76. The van der Waals surface area contributed by atoms with Crippen LogP contribution in [0.25, 0.3) is 20.5 Å². The minimum atomic E-state index is -1.01. The van der Waals surface area contributed by atoms with E-state index in [1.54, 1.807) is 17.4 Å². The number of rotatable bonds is 11. The molecule has 3 aliphatic rings. The second-order valence-electron chi connectivity index (χ2n) is 14.3. The first-order chi connectivity index (χ1) is 26.2.